The number of benzene rings is 4. The van der Waals surface area contributed by atoms with E-state index in [2.05, 4.69) is 22.9 Å². The van der Waals surface area contributed by atoms with Gasteiger partial charge in [0.1, 0.15) is 12.6 Å². The molecule has 2 N–H and O–H groups in total. The van der Waals surface area contributed by atoms with Crippen molar-refractivity contribution in [3.05, 3.63) is 138 Å². The third-order valence-corrected chi connectivity index (χ3v) is 8.90. The largest absolute Gasteiger partial charge is 0.445 e. The summed E-state index contributed by atoms with van der Waals surface area (Å²) in [6, 6.07) is 33.2. The van der Waals surface area contributed by atoms with Crippen LogP contribution in [-0.4, -0.2) is 32.6 Å². The van der Waals surface area contributed by atoms with Gasteiger partial charge >= 0.3 is 12.1 Å². The van der Waals surface area contributed by atoms with Crippen molar-refractivity contribution in [2.45, 2.75) is 61.9 Å². The fourth-order valence-corrected chi connectivity index (χ4v) is 6.11. The van der Waals surface area contributed by atoms with Crippen LogP contribution in [0.25, 0.3) is 0 Å². The van der Waals surface area contributed by atoms with Gasteiger partial charge in [-0.2, -0.15) is 0 Å². The Balaban J connectivity index is 1.47. The molecular formula is C35H38N2O6S. The second-order valence-corrected chi connectivity index (χ2v) is 12.5. The SMILES string of the molecule is CCC(CCc1ccccc1)NOC(=O)C(Cc1ccccc1CS(=O)(=O)c1ccccc1)NC(=O)OCc1ccccc1. The first-order valence-electron chi connectivity index (χ1n) is 14.7. The smallest absolute Gasteiger partial charge is 0.408 e. The summed E-state index contributed by atoms with van der Waals surface area (Å²) >= 11 is 0. The summed E-state index contributed by atoms with van der Waals surface area (Å²) in [6.07, 6.45) is 1.48. The van der Waals surface area contributed by atoms with Crippen LogP contribution in [0.4, 0.5) is 4.79 Å². The van der Waals surface area contributed by atoms with E-state index < -0.39 is 27.9 Å². The minimum absolute atomic E-state index is 0.00222. The third kappa shape index (κ3) is 10.1. The molecule has 0 fully saturated rings. The quantitative estimate of drug-likeness (QED) is 0.159. The van der Waals surface area contributed by atoms with Crippen molar-refractivity contribution in [3.63, 3.8) is 0 Å². The Hall–Kier alpha value is -4.47. The Morgan fingerprint density at radius 1 is 0.750 bits per heavy atom. The molecule has 0 bridgehead atoms. The molecule has 0 saturated heterocycles. The van der Waals surface area contributed by atoms with E-state index in [0.717, 1.165) is 24.8 Å². The summed E-state index contributed by atoms with van der Waals surface area (Å²) in [7, 11) is -3.65. The predicted molar refractivity (Wildman–Crippen MR) is 169 cm³/mol. The molecule has 0 spiro atoms. The highest BCUT2D eigenvalue weighted by Gasteiger charge is 2.27. The van der Waals surface area contributed by atoms with Crippen LogP contribution in [-0.2, 0) is 49.4 Å². The zero-order valence-electron chi connectivity index (χ0n) is 24.7. The van der Waals surface area contributed by atoms with Gasteiger partial charge in [-0.3, -0.25) is 0 Å². The number of ether oxygens (including phenoxy) is 1. The van der Waals surface area contributed by atoms with Gasteiger partial charge in [0, 0.05) is 12.5 Å². The molecule has 0 aromatic heterocycles. The molecule has 44 heavy (non-hydrogen) atoms. The second kappa shape index (κ2) is 16.4. The highest BCUT2D eigenvalue weighted by Crippen LogP contribution is 2.20. The van der Waals surface area contributed by atoms with Crippen molar-refractivity contribution >= 4 is 21.9 Å². The number of carbonyl (C=O) groups is 2. The van der Waals surface area contributed by atoms with Crippen LogP contribution in [0, 0.1) is 0 Å². The van der Waals surface area contributed by atoms with Gasteiger partial charge in [-0.1, -0.05) is 110 Å². The van der Waals surface area contributed by atoms with Gasteiger partial charge in [0.05, 0.1) is 10.6 Å². The molecule has 230 valence electrons. The Labute approximate surface area is 259 Å². The summed E-state index contributed by atoms with van der Waals surface area (Å²) in [5, 5.41) is 2.63. The third-order valence-electron chi connectivity index (χ3n) is 7.22. The monoisotopic (exact) mass is 614 g/mol. The van der Waals surface area contributed by atoms with Gasteiger partial charge in [0.15, 0.2) is 9.84 Å². The maximum absolute atomic E-state index is 13.4. The van der Waals surface area contributed by atoms with Crippen LogP contribution in [0.2, 0.25) is 0 Å². The Morgan fingerprint density at radius 3 is 1.95 bits per heavy atom. The number of carbonyl (C=O) groups excluding carboxylic acids is 2. The van der Waals surface area contributed by atoms with E-state index in [-0.39, 0.29) is 29.7 Å². The number of aryl methyl sites for hydroxylation is 1. The van der Waals surface area contributed by atoms with Crippen molar-refractivity contribution in [1.29, 1.82) is 0 Å². The second-order valence-electron chi connectivity index (χ2n) is 10.5. The van der Waals surface area contributed by atoms with Gasteiger partial charge in [-0.05, 0) is 53.6 Å². The maximum Gasteiger partial charge on any atom is 0.408 e. The van der Waals surface area contributed by atoms with E-state index in [1.807, 2.05) is 55.5 Å². The zero-order valence-corrected chi connectivity index (χ0v) is 25.5. The molecule has 0 aliphatic carbocycles. The normalized spacial score (nSPS) is 12.6. The lowest BCUT2D eigenvalue weighted by Gasteiger charge is -2.21. The van der Waals surface area contributed by atoms with Crippen molar-refractivity contribution in [3.8, 4) is 0 Å². The summed E-state index contributed by atoms with van der Waals surface area (Å²) in [4.78, 5) is 31.9. The maximum atomic E-state index is 13.4. The topological polar surface area (TPSA) is 111 Å². The lowest BCUT2D eigenvalue weighted by atomic mass is 10.0. The molecule has 0 aliphatic heterocycles. The van der Waals surface area contributed by atoms with Crippen LogP contribution >= 0.6 is 0 Å². The number of rotatable bonds is 15. The van der Waals surface area contributed by atoms with Crippen LogP contribution in [0.3, 0.4) is 0 Å². The lowest BCUT2D eigenvalue weighted by molar-refractivity contribution is -0.155. The van der Waals surface area contributed by atoms with Crippen LogP contribution in [0.1, 0.15) is 42.0 Å². The molecule has 4 aromatic rings. The summed E-state index contributed by atoms with van der Waals surface area (Å²) < 4.78 is 31.7. The molecule has 0 saturated carbocycles. The lowest BCUT2D eigenvalue weighted by Crippen LogP contribution is -2.46. The number of nitrogens with one attached hydrogen (secondary N) is 2. The van der Waals surface area contributed by atoms with E-state index in [1.165, 1.54) is 5.56 Å². The predicted octanol–water partition coefficient (Wildman–Crippen LogP) is 5.96. The Bertz CT molecular complexity index is 1580. The first-order chi connectivity index (χ1) is 21.3. The van der Waals surface area contributed by atoms with Gasteiger partial charge in [-0.25, -0.2) is 18.0 Å². The van der Waals surface area contributed by atoms with Gasteiger partial charge in [-0.15, -0.1) is 5.48 Å². The highest BCUT2D eigenvalue weighted by molar-refractivity contribution is 7.90. The molecule has 0 heterocycles. The van der Waals surface area contributed by atoms with E-state index in [4.69, 9.17) is 9.57 Å². The van der Waals surface area contributed by atoms with E-state index in [0.29, 0.717) is 11.1 Å². The van der Waals surface area contributed by atoms with Crippen molar-refractivity contribution in [2.24, 2.45) is 0 Å². The molecule has 4 aromatic carbocycles. The van der Waals surface area contributed by atoms with E-state index in [1.54, 1.807) is 54.6 Å². The summed E-state index contributed by atoms with van der Waals surface area (Å²) in [5.74, 6) is -0.969. The summed E-state index contributed by atoms with van der Waals surface area (Å²) in [6.45, 7) is 2.02. The Kier molecular flexibility index (Phi) is 12.1. The zero-order chi connectivity index (χ0) is 31.2. The fraction of sp³-hybridized carbons (Fsp3) is 0.257. The molecule has 1 amide bonds. The highest BCUT2D eigenvalue weighted by atomic mass is 32.2. The molecule has 8 nitrogen and oxygen atoms in total. The number of alkyl carbamates (subject to hydrolysis) is 1. The van der Waals surface area contributed by atoms with Crippen LogP contribution < -0.4 is 10.8 Å². The number of amides is 1. The van der Waals surface area contributed by atoms with Gasteiger partial charge in [0.2, 0.25) is 0 Å². The molecule has 2 unspecified atom stereocenters. The van der Waals surface area contributed by atoms with Gasteiger partial charge in [0.25, 0.3) is 0 Å². The van der Waals surface area contributed by atoms with Crippen LogP contribution in [0.15, 0.2) is 120 Å². The molecule has 2 atom stereocenters. The van der Waals surface area contributed by atoms with E-state index >= 15 is 0 Å². The number of hydroxylamine groups is 1. The number of hydrogen-bond acceptors (Lipinski definition) is 7. The molecular weight excluding hydrogens is 576 g/mol. The first kappa shape index (κ1) is 32.4. The Morgan fingerprint density at radius 2 is 1.32 bits per heavy atom. The standard InChI is InChI=1S/C35H38N2O6S/c1-2-31(23-22-27-14-6-3-7-15-27)37-43-34(38)33(36-35(39)42-25-28-16-8-4-9-17-28)24-29-18-12-13-19-30(29)26-44(40,41)32-20-10-5-11-21-32/h3-21,31,33,37H,2,22-26H2,1H3,(H,36,39). The molecule has 0 radical (unpaired) electrons. The fourth-order valence-electron chi connectivity index (χ4n) is 4.68. The average molecular weight is 615 g/mol. The summed E-state index contributed by atoms with van der Waals surface area (Å²) in [5.41, 5.74) is 5.97. The van der Waals surface area contributed by atoms with Crippen molar-refractivity contribution < 1.29 is 27.6 Å². The van der Waals surface area contributed by atoms with Crippen LogP contribution in [0.5, 0.6) is 0 Å². The van der Waals surface area contributed by atoms with Crippen molar-refractivity contribution in [1.82, 2.24) is 10.8 Å². The average Bonchev–Trinajstić information content (AvgIpc) is 3.05. The van der Waals surface area contributed by atoms with Gasteiger partial charge < -0.3 is 14.9 Å². The first-order valence-corrected chi connectivity index (χ1v) is 16.3. The minimum atomic E-state index is -3.65. The number of hydrogen-bond donors (Lipinski definition) is 2. The molecule has 9 heteroatoms. The minimum Gasteiger partial charge on any atom is -0.445 e. The molecule has 4 rings (SSSR count). The number of sulfone groups is 1. The van der Waals surface area contributed by atoms with Crippen molar-refractivity contribution in [2.75, 3.05) is 0 Å². The van der Waals surface area contributed by atoms with E-state index in [9.17, 15) is 18.0 Å². The molecule has 0 aliphatic rings.